The summed E-state index contributed by atoms with van der Waals surface area (Å²) in [5, 5.41) is 3.64. The first-order valence-corrected chi connectivity index (χ1v) is 6.65. The third-order valence-electron chi connectivity index (χ3n) is 3.11. The summed E-state index contributed by atoms with van der Waals surface area (Å²) in [6.07, 6.45) is 1.01. The molecule has 2 aromatic rings. The molecule has 0 saturated carbocycles. The first-order chi connectivity index (χ1) is 9.04. The molecule has 2 rings (SSSR count). The molecule has 19 heavy (non-hydrogen) atoms. The van der Waals surface area contributed by atoms with Crippen molar-refractivity contribution >= 4 is 11.0 Å². The van der Waals surface area contributed by atoms with Gasteiger partial charge in [0.2, 0.25) is 0 Å². The van der Waals surface area contributed by atoms with Gasteiger partial charge in [-0.25, -0.2) is 8.78 Å². The van der Waals surface area contributed by atoms with Gasteiger partial charge >= 0.3 is 0 Å². The minimum Gasteiger partial charge on any atom is -0.459 e. The fourth-order valence-corrected chi connectivity index (χ4v) is 2.34. The molecule has 1 aromatic carbocycles. The first-order valence-electron chi connectivity index (χ1n) is 6.65. The highest BCUT2D eigenvalue weighted by atomic mass is 19.1. The van der Waals surface area contributed by atoms with Crippen LogP contribution in [0.25, 0.3) is 11.0 Å². The van der Waals surface area contributed by atoms with Crippen LogP contribution in [0.3, 0.4) is 0 Å². The molecule has 4 heteroatoms. The van der Waals surface area contributed by atoms with Crippen molar-refractivity contribution in [1.82, 2.24) is 5.32 Å². The summed E-state index contributed by atoms with van der Waals surface area (Å²) in [4.78, 5) is 0. The number of hydrogen-bond donors (Lipinski definition) is 1. The molecule has 0 atom stereocenters. The Morgan fingerprint density at radius 1 is 1.26 bits per heavy atom. The van der Waals surface area contributed by atoms with Crippen LogP contribution in [0.1, 0.15) is 44.4 Å². The minimum absolute atomic E-state index is 0.125. The van der Waals surface area contributed by atoms with Crippen LogP contribution in [0.4, 0.5) is 8.78 Å². The summed E-state index contributed by atoms with van der Waals surface area (Å²) in [6.45, 7) is 7.44. The minimum atomic E-state index is -0.609. The zero-order valence-electron chi connectivity index (χ0n) is 11.5. The van der Waals surface area contributed by atoms with E-state index in [1.165, 1.54) is 6.07 Å². The Morgan fingerprint density at radius 2 is 2.00 bits per heavy atom. The number of hydrogen-bond acceptors (Lipinski definition) is 2. The number of rotatable bonds is 5. The highest BCUT2D eigenvalue weighted by Crippen LogP contribution is 2.34. The molecule has 104 valence electrons. The lowest BCUT2D eigenvalue weighted by Crippen LogP contribution is -2.14. The van der Waals surface area contributed by atoms with Gasteiger partial charge in [0, 0.05) is 17.7 Å². The molecule has 0 amide bonds. The summed E-state index contributed by atoms with van der Waals surface area (Å²) < 4.78 is 32.8. The Kier molecular flexibility index (Phi) is 4.20. The molecular weight excluding hydrogens is 248 g/mol. The van der Waals surface area contributed by atoms with Crippen LogP contribution in [-0.2, 0) is 6.54 Å². The van der Waals surface area contributed by atoms with Gasteiger partial charge in [0.15, 0.2) is 0 Å². The van der Waals surface area contributed by atoms with Crippen molar-refractivity contribution in [2.24, 2.45) is 0 Å². The average molecular weight is 267 g/mol. The van der Waals surface area contributed by atoms with E-state index in [0.29, 0.717) is 17.7 Å². The summed E-state index contributed by atoms with van der Waals surface area (Å²) >= 11 is 0. The van der Waals surface area contributed by atoms with Gasteiger partial charge in [-0.15, -0.1) is 0 Å². The molecule has 0 bridgehead atoms. The predicted octanol–water partition coefficient (Wildman–Crippen LogP) is 4.33. The third kappa shape index (κ3) is 2.78. The van der Waals surface area contributed by atoms with E-state index in [-0.39, 0.29) is 11.5 Å². The number of halogens is 2. The molecule has 0 fully saturated rings. The van der Waals surface area contributed by atoms with Crippen molar-refractivity contribution < 1.29 is 13.2 Å². The number of furan rings is 1. The van der Waals surface area contributed by atoms with Crippen molar-refractivity contribution in [3.05, 3.63) is 35.1 Å². The van der Waals surface area contributed by atoms with Crippen molar-refractivity contribution in [1.29, 1.82) is 0 Å². The molecule has 1 aromatic heterocycles. The Hall–Kier alpha value is -1.42. The Labute approximate surface area is 111 Å². The fourth-order valence-electron chi connectivity index (χ4n) is 2.34. The summed E-state index contributed by atoms with van der Waals surface area (Å²) in [7, 11) is 0. The van der Waals surface area contributed by atoms with Crippen LogP contribution < -0.4 is 5.32 Å². The van der Waals surface area contributed by atoms with Crippen molar-refractivity contribution in [3.8, 4) is 0 Å². The molecule has 2 nitrogen and oxygen atoms in total. The summed E-state index contributed by atoms with van der Waals surface area (Å²) in [6, 6.07) is 2.15. The quantitative estimate of drug-likeness (QED) is 0.815. The number of benzene rings is 1. The maximum Gasteiger partial charge on any atom is 0.140 e. The Balaban J connectivity index is 2.51. The molecule has 0 aliphatic heterocycles. The molecule has 0 radical (unpaired) electrons. The van der Waals surface area contributed by atoms with Crippen LogP contribution in [-0.4, -0.2) is 6.54 Å². The summed E-state index contributed by atoms with van der Waals surface area (Å²) in [5.41, 5.74) is 1.12. The highest BCUT2D eigenvalue weighted by Gasteiger charge is 2.20. The molecule has 0 saturated heterocycles. The van der Waals surface area contributed by atoms with Gasteiger partial charge in [0.05, 0.1) is 11.9 Å². The second-order valence-electron chi connectivity index (χ2n) is 5.03. The van der Waals surface area contributed by atoms with Crippen LogP contribution in [0.5, 0.6) is 0 Å². The topological polar surface area (TPSA) is 25.2 Å². The van der Waals surface area contributed by atoms with Crippen molar-refractivity contribution in [3.63, 3.8) is 0 Å². The van der Waals surface area contributed by atoms with Gasteiger partial charge in [-0.1, -0.05) is 20.8 Å². The van der Waals surface area contributed by atoms with Crippen LogP contribution in [0.2, 0.25) is 0 Å². The number of fused-ring (bicyclic) bond motifs is 1. The van der Waals surface area contributed by atoms with E-state index >= 15 is 0 Å². The predicted molar refractivity (Wildman–Crippen MR) is 72.2 cm³/mol. The van der Waals surface area contributed by atoms with E-state index in [1.807, 2.05) is 13.8 Å². The van der Waals surface area contributed by atoms with E-state index in [1.54, 1.807) is 0 Å². The van der Waals surface area contributed by atoms with Gasteiger partial charge in [-0.05, 0) is 18.9 Å². The lowest BCUT2D eigenvalue weighted by atomic mass is 9.99. The SMILES string of the molecule is CCCNCc1oc2cc(F)cc(F)c2c1C(C)C. The van der Waals surface area contributed by atoms with E-state index in [2.05, 4.69) is 12.2 Å². The maximum atomic E-state index is 13.9. The second-order valence-corrected chi connectivity index (χ2v) is 5.03. The first kappa shape index (κ1) is 14.0. The molecular formula is C15H19F2NO. The molecule has 0 spiro atoms. The molecule has 1 heterocycles. The molecule has 0 aliphatic rings. The molecule has 0 aliphatic carbocycles. The lowest BCUT2D eigenvalue weighted by Gasteiger charge is -2.07. The van der Waals surface area contributed by atoms with Gasteiger partial charge < -0.3 is 9.73 Å². The van der Waals surface area contributed by atoms with Crippen molar-refractivity contribution in [2.75, 3.05) is 6.54 Å². The van der Waals surface area contributed by atoms with Crippen LogP contribution in [0, 0.1) is 11.6 Å². The van der Waals surface area contributed by atoms with Gasteiger partial charge in [-0.3, -0.25) is 0 Å². The zero-order valence-corrected chi connectivity index (χ0v) is 11.5. The van der Waals surface area contributed by atoms with Crippen molar-refractivity contribution in [2.45, 2.75) is 39.7 Å². The largest absolute Gasteiger partial charge is 0.459 e. The third-order valence-corrected chi connectivity index (χ3v) is 3.11. The maximum absolute atomic E-state index is 13.9. The van der Waals surface area contributed by atoms with Gasteiger partial charge in [0.1, 0.15) is 23.0 Å². The van der Waals surface area contributed by atoms with Gasteiger partial charge in [-0.2, -0.15) is 0 Å². The Bertz CT molecular complexity index is 575. The average Bonchev–Trinajstić information content (AvgIpc) is 2.68. The van der Waals surface area contributed by atoms with Crippen LogP contribution in [0.15, 0.2) is 16.5 Å². The molecule has 1 N–H and O–H groups in total. The monoisotopic (exact) mass is 267 g/mol. The lowest BCUT2D eigenvalue weighted by molar-refractivity contribution is 0.502. The highest BCUT2D eigenvalue weighted by molar-refractivity contribution is 5.83. The normalized spacial score (nSPS) is 11.7. The Morgan fingerprint density at radius 3 is 2.63 bits per heavy atom. The standard InChI is InChI=1S/C15H19F2NO/c1-4-5-18-8-13-14(9(2)3)15-11(17)6-10(16)7-12(15)19-13/h6-7,9,18H,4-5,8H2,1-3H3. The number of nitrogens with one attached hydrogen (secondary N) is 1. The second kappa shape index (κ2) is 5.70. The summed E-state index contributed by atoms with van der Waals surface area (Å²) in [5.74, 6) is -0.339. The van der Waals surface area contributed by atoms with E-state index in [4.69, 9.17) is 4.42 Å². The van der Waals surface area contributed by atoms with E-state index in [9.17, 15) is 8.78 Å². The smallest absolute Gasteiger partial charge is 0.140 e. The van der Waals surface area contributed by atoms with E-state index in [0.717, 1.165) is 24.6 Å². The zero-order chi connectivity index (χ0) is 14.0. The molecule has 0 unspecified atom stereocenters. The van der Waals surface area contributed by atoms with E-state index < -0.39 is 11.6 Å². The fraction of sp³-hybridized carbons (Fsp3) is 0.467. The van der Waals surface area contributed by atoms with Crippen LogP contribution >= 0.6 is 0 Å². The van der Waals surface area contributed by atoms with Gasteiger partial charge in [0.25, 0.3) is 0 Å².